The molecule has 1 unspecified atom stereocenters. The molecule has 0 radical (unpaired) electrons. The third-order valence-corrected chi connectivity index (χ3v) is 7.39. The van der Waals surface area contributed by atoms with Crippen LogP contribution in [0.4, 0.5) is 14.5 Å². The molecule has 1 aliphatic carbocycles. The lowest BCUT2D eigenvalue weighted by molar-refractivity contribution is 0.121. The van der Waals surface area contributed by atoms with Gasteiger partial charge in [-0.1, -0.05) is 35.9 Å². The van der Waals surface area contributed by atoms with Crippen LogP contribution in [0.1, 0.15) is 56.2 Å². The smallest absolute Gasteiger partial charge is 0.142 e. The number of aryl methyl sites for hydroxylation is 1. The zero-order valence-corrected chi connectivity index (χ0v) is 21.9. The Morgan fingerprint density at radius 3 is 2.81 bits per heavy atom. The molecule has 1 heterocycles. The molecule has 1 aliphatic heterocycles. The second-order valence-corrected chi connectivity index (χ2v) is 10.1. The maximum atomic E-state index is 14.4. The van der Waals surface area contributed by atoms with Crippen LogP contribution in [0.5, 0.6) is 0 Å². The van der Waals surface area contributed by atoms with E-state index in [9.17, 15) is 8.78 Å². The van der Waals surface area contributed by atoms with E-state index in [-0.39, 0.29) is 17.8 Å². The van der Waals surface area contributed by atoms with E-state index in [1.165, 1.54) is 11.6 Å². The van der Waals surface area contributed by atoms with Crippen LogP contribution in [0.25, 0.3) is 11.1 Å². The van der Waals surface area contributed by atoms with Crippen LogP contribution in [-0.2, 0) is 11.2 Å². The van der Waals surface area contributed by atoms with Gasteiger partial charge in [0.2, 0.25) is 0 Å². The molecule has 4 rings (SSSR count). The van der Waals surface area contributed by atoms with Gasteiger partial charge in [-0.25, -0.2) is 4.39 Å². The summed E-state index contributed by atoms with van der Waals surface area (Å²) in [5.74, 6) is 0.425. The molecule has 3 nitrogen and oxygen atoms in total. The van der Waals surface area contributed by atoms with Crippen molar-refractivity contribution in [3.63, 3.8) is 0 Å². The van der Waals surface area contributed by atoms with Gasteiger partial charge in [0.05, 0.1) is 17.5 Å². The van der Waals surface area contributed by atoms with Gasteiger partial charge in [0, 0.05) is 25.3 Å². The van der Waals surface area contributed by atoms with Gasteiger partial charge in [0.1, 0.15) is 11.9 Å². The fourth-order valence-corrected chi connectivity index (χ4v) is 5.51. The van der Waals surface area contributed by atoms with Crippen LogP contribution in [0, 0.1) is 5.82 Å². The molecular formula is C30H35ClF2N2O. The van der Waals surface area contributed by atoms with Crippen molar-refractivity contribution in [1.29, 1.82) is 0 Å². The maximum Gasteiger partial charge on any atom is 0.142 e. The number of fused-ring (bicyclic) bond motifs is 1. The standard InChI is InChI=1S/C30H35ClF2N2O/c1-20(10-11-21(2)36-24-14-17-35(19-24)16-5-15-32)29-25-13-12-23(34)18-22(25)6-3-7-26(29)27-8-4-9-28(33)30(27)31/h4,8-13,18,24H,3,5-7,14-17,19,34H2,1-2H3/b20-10+,21-11+. The fourth-order valence-electron chi connectivity index (χ4n) is 5.27. The number of nitrogens with two attached hydrogens (primary N) is 1. The van der Waals surface area contributed by atoms with E-state index in [4.69, 9.17) is 22.1 Å². The zero-order valence-electron chi connectivity index (χ0n) is 21.1. The van der Waals surface area contributed by atoms with E-state index in [1.54, 1.807) is 6.07 Å². The van der Waals surface area contributed by atoms with Gasteiger partial charge >= 0.3 is 0 Å². The number of nitrogens with zero attached hydrogens (tertiary/aromatic N) is 1. The first kappa shape index (κ1) is 26.4. The number of hydrogen-bond acceptors (Lipinski definition) is 3. The quantitative estimate of drug-likeness (QED) is 0.225. The SMILES string of the molecule is C/C(=C\C=C(/C)C1=C(c2cccc(F)c2Cl)CCCc2cc(N)ccc21)OC1CCN(CCCF)C1. The first-order valence-corrected chi connectivity index (χ1v) is 13.1. The molecule has 0 aromatic heterocycles. The zero-order chi connectivity index (χ0) is 25.7. The lowest BCUT2D eigenvalue weighted by atomic mass is 9.87. The number of benzene rings is 2. The Bertz CT molecular complexity index is 1190. The number of likely N-dealkylation sites (tertiary alicyclic amines) is 1. The number of rotatable bonds is 8. The minimum Gasteiger partial charge on any atom is -0.494 e. The molecule has 0 saturated carbocycles. The molecule has 2 aliphatic rings. The van der Waals surface area contributed by atoms with Crippen molar-refractivity contribution in [2.24, 2.45) is 0 Å². The van der Waals surface area contributed by atoms with Crippen molar-refractivity contribution >= 4 is 28.4 Å². The Labute approximate surface area is 218 Å². The van der Waals surface area contributed by atoms with Crippen molar-refractivity contribution in [2.75, 3.05) is 32.0 Å². The highest BCUT2D eigenvalue weighted by atomic mass is 35.5. The lowest BCUT2D eigenvalue weighted by Crippen LogP contribution is -2.24. The Kier molecular flexibility index (Phi) is 8.86. The molecule has 2 aromatic rings. The maximum absolute atomic E-state index is 14.4. The Morgan fingerprint density at radius 2 is 2.00 bits per heavy atom. The van der Waals surface area contributed by atoms with E-state index in [2.05, 4.69) is 24.0 Å². The minimum absolute atomic E-state index is 0.122. The molecule has 0 bridgehead atoms. The van der Waals surface area contributed by atoms with Gasteiger partial charge in [-0.3, -0.25) is 9.29 Å². The third-order valence-electron chi connectivity index (χ3n) is 7.00. The number of alkyl halides is 1. The monoisotopic (exact) mass is 512 g/mol. The number of allylic oxidation sites excluding steroid dienone is 6. The summed E-state index contributed by atoms with van der Waals surface area (Å²) in [6, 6.07) is 11.0. The van der Waals surface area contributed by atoms with Crippen molar-refractivity contribution in [1.82, 2.24) is 4.90 Å². The molecule has 2 aromatic carbocycles. The summed E-state index contributed by atoms with van der Waals surface area (Å²) in [5, 5.41) is 0.158. The molecule has 1 atom stereocenters. The summed E-state index contributed by atoms with van der Waals surface area (Å²) in [5.41, 5.74) is 13.0. The second-order valence-electron chi connectivity index (χ2n) is 9.72. The fraction of sp³-hybridized carbons (Fsp3) is 0.400. The van der Waals surface area contributed by atoms with E-state index in [0.29, 0.717) is 6.42 Å². The molecule has 1 saturated heterocycles. The topological polar surface area (TPSA) is 38.5 Å². The first-order chi connectivity index (χ1) is 17.4. The van der Waals surface area contributed by atoms with Crippen molar-refractivity contribution in [3.05, 3.63) is 87.4 Å². The van der Waals surface area contributed by atoms with Gasteiger partial charge < -0.3 is 10.5 Å². The van der Waals surface area contributed by atoms with Crippen LogP contribution in [0.15, 0.2) is 59.9 Å². The molecule has 36 heavy (non-hydrogen) atoms. The Hall–Kier alpha value is -2.63. The minimum atomic E-state index is -0.411. The summed E-state index contributed by atoms with van der Waals surface area (Å²) in [4.78, 5) is 2.26. The number of ether oxygens (including phenoxy) is 1. The van der Waals surface area contributed by atoms with Gasteiger partial charge in [-0.2, -0.15) is 0 Å². The van der Waals surface area contributed by atoms with Gasteiger partial charge in [-0.05, 0) is 104 Å². The molecule has 192 valence electrons. The molecule has 1 fully saturated rings. The summed E-state index contributed by atoms with van der Waals surface area (Å²) >= 11 is 6.46. The Balaban J connectivity index is 1.67. The normalized spacial score (nSPS) is 19.4. The number of hydrogen-bond donors (Lipinski definition) is 1. The molecule has 0 spiro atoms. The summed E-state index contributed by atoms with van der Waals surface area (Å²) in [6.45, 7) is 6.31. The molecule has 0 amide bonds. The molecule has 2 N–H and O–H groups in total. The largest absolute Gasteiger partial charge is 0.494 e. The number of nitrogen functional groups attached to an aromatic ring is 1. The lowest BCUT2D eigenvalue weighted by Gasteiger charge is -2.18. The molecular weight excluding hydrogens is 478 g/mol. The van der Waals surface area contributed by atoms with Crippen molar-refractivity contribution in [2.45, 2.75) is 52.1 Å². The van der Waals surface area contributed by atoms with Crippen molar-refractivity contribution < 1.29 is 13.5 Å². The van der Waals surface area contributed by atoms with Crippen LogP contribution >= 0.6 is 11.6 Å². The van der Waals surface area contributed by atoms with Crippen LogP contribution < -0.4 is 5.73 Å². The summed E-state index contributed by atoms with van der Waals surface area (Å²) in [6.07, 6.45) is 8.32. The van der Waals surface area contributed by atoms with Gasteiger partial charge in [0.15, 0.2) is 0 Å². The van der Waals surface area contributed by atoms with Crippen LogP contribution in [-0.4, -0.2) is 37.3 Å². The van der Waals surface area contributed by atoms with E-state index < -0.39 is 5.82 Å². The van der Waals surface area contributed by atoms with E-state index >= 15 is 0 Å². The number of anilines is 1. The second kappa shape index (κ2) is 12.1. The average Bonchev–Trinajstić information content (AvgIpc) is 3.21. The highest BCUT2D eigenvalue weighted by Crippen LogP contribution is 2.42. The summed E-state index contributed by atoms with van der Waals surface area (Å²) in [7, 11) is 0. The molecule has 6 heteroatoms. The highest BCUT2D eigenvalue weighted by Gasteiger charge is 2.24. The number of halogens is 3. The van der Waals surface area contributed by atoms with E-state index in [0.717, 1.165) is 84.6 Å². The Morgan fingerprint density at radius 1 is 1.17 bits per heavy atom. The highest BCUT2D eigenvalue weighted by molar-refractivity contribution is 6.33. The van der Waals surface area contributed by atoms with Crippen molar-refractivity contribution in [3.8, 4) is 0 Å². The average molecular weight is 513 g/mol. The predicted molar refractivity (Wildman–Crippen MR) is 146 cm³/mol. The van der Waals surface area contributed by atoms with Gasteiger partial charge in [-0.15, -0.1) is 0 Å². The summed E-state index contributed by atoms with van der Waals surface area (Å²) < 4.78 is 33.1. The predicted octanol–water partition coefficient (Wildman–Crippen LogP) is 7.61. The van der Waals surface area contributed by atoms with Gasteiger partial charge in [0.25, 0.3) is 0 Å². The van der Waals surface area contributed by atoms with Crippen LogP contribution in [0.2, 0.25) is 5.02 Å². The van der Waals surface area contributed by atoms with Crippen LogP contribution in [0.3, 0.4) is 0 Å². The third kappa shape index (κ3) is 6.19. The van der Waals surface area contributed by atoms with E-state index in [1.807, 2.05) is 31.2 Å². The first-order valence-electron chi connectivity index (χ1n) is 12.7.